The number of amides is 1. The van der Waals surface area contributed by atoms with Gasteiger partial charge in [0.25, 0.3) is 12.3 Å². The average Bonchev–Trinajstić information content (AvgIpc) is 3.04. The number of carbonyl (C=O) groups excluding carboxylic acids is 1. The van der Waals surface area contributed by atoms with E-state index in [4.69, 9.17) is 5.26 Å². The van der Waals surface area contributed by atoms with E-state index in [0.717, 1.165) is 0 Å². The van der Waals surface area contributed by atoms with Crippen LogP contribution in [0.1, 0.15) is 28.2 Å². The molecule has 1 aromatic carbocycles. The molecular formula is C13H11F2N5O3S2. The summed E-state index contributed by atoms with van der Waals surface area (Å²) in [6.07, 6.45) is -2.75. The molecule has 1 amide bonds. The van der Waals surface area contributed by atoms with E-state index in [-0.39, 0.29) is 28.6 Å². The molecule has 0 atom stereocenters. The van der Waals surface area contributed by atoms with E-state index in [1.54, 1.807) is 0 Å². The van der Waals surface area contributed by atoms with E-state index >= 15 is 0 Å². The van der Waals surface area contributed by atoms with Gasteiger partial charge in [-0.25, -0.2) is 21.9 Å². The third-order valence-corrected chi connectivity index (χ3v) is 5.13. The lowest BCUT2D eigenvalue weighted by Crippen LogP contribution is -2.24. The van der Waals surface area contributed by atoms with Crippen molar-refractivity contribution in [2.24, 2.45) is 0 Å². The fraction of sp³-hybridized carbons (Fsp3) is 0.231. The molecule has 12 heteroatoms. The van der Waals surface area contributed by atoms with Gasteiger partial charge in [-0.1, -0.05) is 11.3 Å². The topological polar surface area (TPSA) is 125 Å². The summed E-state index contributed by atoms with van der Waals surface area (Å²) < 4.78 is 51.0. The van der Waals surface area contributed by atoms with Crippen LogP contribution in [0.5, 0.6) is 0 Å². The largest absolute Gasteiger partial charge is 0.296 e. The Balaban J connectivity index is 2.05. The molecule has 0 unspecified atom stereocenters. The lowest BCUT2D eigenvalue weighted by molar-refractivity contribution is 0.102. The number of anilines is 1. The minimum absolute atomic E-state index is 0.0232. The first-order valence-electron chi connectivity index (χ1n) is 6.73. The molecule has 0 aliphatic heterocycles. The van der Waals surface area contributed by atoms with Crippen molar-refractivity contribution in [3.63, 3.8) is 0 Å². The Morgan fingerprint density at radius 3 is 2.52 bits per heavy atom. The van der Waals surface area contributed by atoms with Crippen LogP contribution >= 0.6 is 11.3 Å². The predicted molar refractivity (Wildman–Crippen MR) is 84.7 cm³/mol. The number of benzene rings is 1. The zero-order valence-electron chi connectivity index (χ0n) is 12.4. The monoisotopic (exact) mass is 387 g/mol. The number of hydrogen-bond donors (Lipinski definition) is 2. The summed E-state index contributed by atoms with van der Waals surface area (Å²) >= 11 is 0.546. The number of aromatic nitrogens is 2. The molecule has 0 bridgehead atoms. The molecule has 2 aromatic rings. The van der Waals surface area contributed by atoms with Crippen molar-refractivity contribution in [2.75, 3.05) is 11.9 Å². The summed E-state index contributed by atoms with van der Waals surface area (Å²) in [6.45, 7) is -0.0232. The molecule has 1 heterocycles. The van der Waals surface area contributed by atoms with Crippen LogP contribution in [0.15, 0.2) is 29.2 Å². The van der Waals surface area contributed by atoms with Crippen molar-refractivity contribution in [1.29, 1.82) is 5.26 Å². The van der Waals surface area contributed by atoms with Gasteiger partial charge in [0.2, 0.25) is 15.2 Å². The van der Waals surface area contributed by atoms with E-state index in [1.807, 2.05) is 6.07 Å². The van der Waals surface area contributed by atoms with Crippen LogP contribution in [0.4, 0.5) is 13.9 Å². The molecule has 8 nitrogen and oxygen atoms in total. The van der Waals surface area contributed by atoms with E-state index in [2.05, 4.69) is 20.2 Å². The minimum atomic E-state index is -3.78. The molecule has 1 aromatic heterocycles. The van der Waals surface area contributed by atoms with E-state index in [1.165, 1.54) is 24.3 Å². The maximum atomic E-state index is 12.4. The standard InChI is InChI=1S/C13H11F2N5O3S2/c14-10(15)12-19-20-13(24-12)18-11(21)8-2-4-9(5-3-8)25(22,23)17-7-1-6-16/h2-5,10,17H,1,7H2,(H,18,20,21). The highest BCUT2D eigenvalue weighted by molar-refractivity contribution is 7.89. The highest BCUT2D eigenvalue weighted by Gasteiger charge is 2.17. The molecule has 0 aliphatic carbocycles. The predicted octanol–water partition coefficient (Wildman–Crippen LogP) is 1.92. The van der Waals surface area contributed by atoms with Gasteiger partial charge in [-0.3, -0.25) is 10.1 Å². The molecular weight excluding hydrogens is 376 g/mol. The van der Waals surface area contributed by atoms with Crippen LogP contribution in [0.3, 0.4) is 0 Å². The van der Waals surface area contributed by atoms with Crippen molar-refractivity contribution >= 4 is 32.4 Å². The van der Waals surface area contributed by atoms with Crippen LogP contribution < -0.4 is 10.0 Å². The molecule has 132 valence electrons. The molecule has 2 N–H and O–H groups in total. The smallest absolute Gasteiger partial charge is 0.291 e. The maximum absolute atomic E-state index is 12.4. The number of hydrogen-bond acceptors (Lipinski definition) is 7. The van der Waals surface area contributed by atoms with Gasteiger partial charge < -0.3 is 0 Å². The van der Waals surface area contributed by atoms with Gasteiger partial charge in [-0.05, 0) is 24.3 Å². The van der Waals surface area contributed by atoms with E-state index in [9.17, 15) is 22.0 Å². The normalized spacial score (nSPS) is 11.3. The molecule has 0 saturated carbocycles. The Labute approximate surface area is 145 Å². The first-order chi connectivity index (χ1) is 11.8. The second kappa shape index (κ2) is 8.06. The molecule has 0 spiro atoms. The quantitative estimate of drug-likeness (QED) is 0.699. The third-order valence-electron chi connectivity index (χ3n) is 2.80. The van der Waals surface area contributed by atoms with Crippen molar-refractivity contribution in [3.8, 4) is 6.07 Å². The first kappa shape index (κ1) is 18.8. The minimum Gasteiger partial charge on any atom is -0.296 e. The van der Waals surface area contributed by atoms with E-state index < -0.39 is 27.4 Å². The third kappa shape index (κ3) is 4.99. The van der Waals surface area contributed by atoms with Crippen LogP contribution in [0.25, 0.3) is 0 Å². The Kier molecular flexibility index (Phi) is 6.07. The van der Waals surface area contributed by atoms with Crippen molar-refractivity contribution in [1.82, 2.24) is 14.9 Å². The average molecular weight is 387 g/mol. The highest BCUT2D eigenvalue weighted by Crippen LogP contribution is 2.25. The highest BCUT2D eigenvalue weighted by atomic mass is 32.2. The molecule has 0 radical (unpaired) electrons. The van der Waals surface area contributed by atoms with Crippen molar-refractivity contribution < 1.29 is 22.0 Å². The number of halogens is 2. The number of nitriles is 1. The van der Waals surface area contributed by atoms with Crippen molar-refractivity contribution in [2.45, 2.75) is 17.7 Å². The molecule has 2 rings (SSSR count). The first-order valence-corrected chi connectivity index (χ1v) is 9.03. The number of sulfonamides is 1. The number of alkyl halides is 2. The van der Waals surface area contributed by atoms with Gasteiger partial charge in [0.1, 0.15) is 0 Å². The van der Waals surface area contributed by atoms with Gasteiger partial charge in [0, 0.05) is 18.5 Å². The van der Waals surface area contributed by atoms with Crippen LogP contribution in [-0.2, 0) is 10.0 Å². The van der Waals surface area contributed by atoms with Crippen LogP contribution in [-0.4, -0.2) is 31.1 Å². The second-order valence-corrected chi connectivity index (χ2v) is 7.31. The van der Waals surface area contributed by atoms with Gasteiger partial charge >= 0.3 is 0 Å². The number of nitrogens with zero attached hydrogens (tertiary/aromatic N) is 3. The van der Waals surface area contributed by atoms with Gasteiger partial charge in [-0.15, -0.1) is 10.2 Å². The zero-order valence-corrected chi connectivity index (χ0v) is 14.1. The van der Waals surface area contributed by atoms with Crippen LogP contribution in [0, 0.1) is 11.3 Å². The fourth-order valence-corrected chi connectivity index (χ4v) is 3.28. The molecule has 25 heavy (non-hydrogen) atoms. The van der Waals surface area contributed by atoms with E-state index in [0.29, 0.717) is 11.3 Å². The summed E-state index contributed by atoms with van der Waals surface area (Å²) in [5.74, 6) is -0.640. The summed E-state index contributed by atoms with van der Waals surface area (Å²) in [5, 5.41) is 16.8. The Bertz CT molecular complexity index is 891. The van der Waals surface area contributed by atoms with Crippen molar-refractivity contribution in [3.05, 3.63) is 34.8 Å². The Morgan fingerprint density at radius 1 is 1.28 bits per heavy atom. The van der Waals surface area contributed by atoms with Crippen LogP contribution in [0.2, 0.25) is 0 Å². The summed E-state index contributed by atoms with van der Waals surface area (Å²) in [7, 11) is -3.78. The fourth-order valence-electron chi connectivity index (χ4n) is 1.65. The zero-order chi connectivity index (χ0) is 18.4. The second-order valence-electron chi connectivity index (χ2n) is 4.53. The molecule has 0 saturated heterocycles. The van der Waals surface area contributed by atoms with Gasteiger partial charge in [0.05, 0.1) is 11.0 Å². The number of carbonyl (C=O) groups is 1. The number of rotatable bonds is 7. The van der Waals surface area contributed by atoms with Gasteiger partial charge in [-0.2, -0.15) is 5.26 Å². The number of nitrogens with one attached hydrogen (secondary N) is 2. The molecule has 0 fully saturated rings. The lowest BCUT2D eigenvalue weighted by Gasteiger charge is -2.06. The summed E-state index contributed by atoms with van der Waals surface area (Å²) in [5.41, 5.74) is 0.116. The Morgan fingerprint density at radius 2 is 1.96 bits per heavy atom. The lowest BCUT2D eigenvalue weighted by atomic mass is 10.2. The maximum Gasteiger partial charge on any atom is 0.291 e. The SMILES string of the molecule is N#CCCNS(=O)(=O)c1ccc(C(=O)Nc2nnc(C(F)F)s2)cc1. The molecule has 0 aliphatic rings. The Hall–Kier alpha value is -2.49. The summed E-state index contributed by atoms with van der Waals surface area (Å²) in [4.78, 5) is 11.9. The summed E-state index contributed by atoms with van der Waals surface area (Å²) in [6, 6.07) is 6.78. The van der Waals surface area contributed by atoms with Gasteiger partial charge in [0.15, 0.2) is 5.01 Å².